The van der Waals surface area contributed by atoms with Crippen molar-refractivity contribution in [2.24, 2.45) is 0 Å². The normalized spacial score (nSPS) is 27.3. The molecule has 6 nitrogen and oxygen atoms in total. The van der Waals surface area contributed by atoms with E-state index in [0.717, 1.165) is 44.3 Å². The van der Waals surface area contributed by atoms with E-state index in [-0.39, 0.29) is 18.2 Å². The quantitative estimate of drug-likeness (QED) is 0.731. The van der Waals surface area contributed by atoms with Gasteiger partial charge in [-0.15, -0.1) is 0 Å². The molecule has 0 radical (unpaired) electrons. The van der Waals surface area contributed by atoms with Crippen molar-refractivity contribution in [1.82, 2.24) is 9.71 Å². The van der Waals surface area contributed by atoms with Crippen molar-refractivity contribution in [3.8, 4) is 0 Å². The number of rotatable bonds is 7. The van der Waals surface area contributed by atoms with Crippen LogP contribution in [-0.2, 0) is 14.8 Å². The third-order valence-corrected chi connectivity index (χ3v) is 7.07. The van der Waals surface area contributed by atoms with Gasteiger partial charge < -0.3 is 9.64 Å². The molecule has 0 spiro atoms. The van der Waals surface area contributed by atoms with Gasteiger partial charge in [-0.25, -0.2) is 13.1 Å². The second-order valence-electron chi connectivity index (χ2n) is 8.47. The van der Waals surface area contributed by atoms with Crippen LogP contribution < -0.4 is 9.62 Å². The van der Waals surface area contributed by atoms with Crippen molar-refractivity contribution in [1.29, 1.82) is 0 Å². The molecule has 1 aliphatic heterocycles. The summed E-state index contributed by atoms with van der Waals surface area (Å²) in [5.74, 6) is 0.615. The smallest absolute Gasteiger partial charge is 0.209 e. The average Bonchev–Trinajstić information content (AvgIpc) is 3.14. The predicted molar refractivity (Wildman–Crippen MR) is 119 cm³/mol. The Hall–Kier alpha value is -1.96. The lowest BCUT2D eigenvalue weighted by Crippen LogP contribution is -2.48. The van der Waals surface area contributed by atoms with Gasteiger partial charge in [0.05, 0.1) is 36.9 Å². The Morgan fingerprint density at radius 2 is 1.83 bits per heavy atom. The molecule has 0 unspecified atom stereocenters. The van der Waals surface area contributed by atoms with Crippen LogP contribution in [0.25, 0.3) is 0 Å². The lowest BCUT2D eigenvalue weighted by Gasteiger charge is -2.33. The molecular weight excluding hydrogens is 398 g/mol. The van der Waals surface area contributed by atoms with E-state index in [1.807, 2.05) is 18.3 Å². The van der Waals surface area contributed by atoms with E-state index >= 15 is 0 Å². The largest absolute Gasteiger partial charge is 0.376 e. The molecule has 2 atom stereocenters. The Bertz CT molecular complexity index is 900. The summed E-state index contributed by atoms with van der Waals surface area (Å²) in [5, 5.41) is 0. The van der Waals surface area contributed by atoms with Crippen molar-refractivity contribution in [2.75, 3.05) is 24.3 Å². The number of nitrogens with one attached hydrogen (secondary N) is 1. The van der Waals surface area contributed by atoms with E-state index in [9.17, 15) is 8.42 Å². The van der Waals surface area contributed by atoms with Gasteiger partial charge in [-0.2, -0.15) is 0 Å². The van der Waals surface area contributed by atoms with Gasteiger partial charge in [-0.05, 0) is 55.7 Å². The minimum atomic E-state index is -3.28. The van der Waals surface area contributed by atoms with Crippen molar-refractivity contribution >= 4 is 15.7 Å². The predicted octanol–water partition coefficient (Wildman–Crippen LogP) is 3.32. The first kappa shape index (κ1) is 21.3. The van der Waals surface area contributed by atoms with Crippen LogP contribution in [0.2, 0.25) is 0 Å². The van der Waals surface area contributed by atoms with E-state index in [2.05, 4.69) is 44.9 Å². The summed E-state index contributed by atoms with van der Waals surface area (Å²) in [4.78, 5) is 6.46. The summed E-state index contributed by atoms with van der Waals surface area (Å²) in [7, 11) is -3.28. The number of nitrogens with zero attached hydrogens (tertiary/aromatic N) is 2. The highest BCUT2D eigenvalue weighted by Crippen LogP contribution is 2.34. The maximum Gasteiger partial charge on any atom is 0.209 e. The van der Waals surface area contributed by atoms with E-state index in [0.29, 0.717) is 12.5 Å². The molecule has 2 aliphatic rings. The molecule has 4 rings (SSSR count). The number of hydrogen-bond donors (Lipinski definition) is 1. The van der Waals surface area contributed by atoms with Crippen LogP contribution in [0.15, 0.2) is 54.9 Å². The molecule has 1 N–H and O–H groups in total. The fourth-order valence-corrected chi connectivity index (χ4v) is 5.66. The number of aromatic nitrogens is 1. The zero-order valence-corrected chi connectivity index (χ0v) is 18.3. The van der Waals surface area contributed by atoms with Crippen LogP contribution in [0.1, 0.15) is 43.6 Å². The Balaban J connectivity index is 1.37. The minimum Gasteiger partial charge on any atom is -0.376 e. The molecule has 1 saturated carbocycles. The van der Waals surface area contributed by atoms with Gasteiger partial charge >= 0.3 is 0 Å². The number of benzene rings is 1. The zero-order chi connectivity index (χ0) is 21.0. The molecule has 1 aliphatic carbocycles. The van der Waals surface area contributed by atoms with Gasteiger partial charge in [-0.1, -0.05) is 30.3 Å². The van der Waals surface area contributed by atoms with Crippen LogP contribution >= 0.6 is 0 Å². The second-order valence-corrected chi connectivity index (χ2v) is 10.3. The molecule has 7 heteroatoms. The number of sulfonamides is 1. The number of anilines is 1. The number of ether oxygens (including phenoxy) is 1. The third-order valence-electron chi connectivity index (χ3n) is 6.34. The van der Waals surface area contributed by atoms with Gasteiger partial charge in [-0.3, -0.25) is 4.98 Å². The van der Waals surface area contributed by atoms with Gasteiger partial charge in [0.25, 0.3) is 0 Å². The first-order valence-corrected chi connectivity index (χ1v) is 12.7. The maximum absolute atomic E-state index is 11.9. The Labute approximate surface area is 179 Å². The Morgan fingerprint density at radius 1 is 1.07 bits per heavy atom. The highest BCUT2D eigenvalue weighted by molar-refractivity contribution is 7.88. The first-order valence-electron chi connectivity index (χ1n) is 10.8. The van der Waals surface area contributed by atoms with E-state index in [1.54, 1.807) is 6.20 Å². The van der Waals surface area contributed by atoms with Crippen molar-refractivity contribution in [3.05, 3.63) is 60.4 Å². The molecule has 2 aromatic rings. The van der Waals surface area contributed by atoms with Crippen LogP contribution in [0, 0.1) is 0 Å². The minimum absolute atomic E-state index is 0.0317. The lowest BCUT2D eigenvalue weighted by molar-refractivity contribution is 0.0157. The fourth-order valence-electron chi connectivity index (χ4n) is 4.84. The molecule has 0 amide bonds. The van der Waals surface area contributed by atoms with Crippen LogP contribution in [-0.4, -0.2) is 51.0 Å². The van der Waals surface area contributed by atoms with Crippen molar-refractivity contribution in [3.63, 3.8) is 0 Å². The van der Waals surface area contributed by atoms with Crippen LogP contribution in [0.4, 0.5) is 5.69 Å². The first-order chi connectivity index (χ1) is 14.5. The third kappa shape index (κ3) is 5.39. The highest BCUT2D eigenvalue weighted by Gasteiger charge is 2.37. The van der Waals surface area contributed by atoms with E-state index < -0.39 is 10.0 Å². The SMILES string of the molecule is CS(=O)(=O)N[C@H]1CCN(c2cccnc2)[C@H]1CO[C@H]1CC[C@@H](c2ccccc2)CC1. The molecule has 1 aromatic heterocycles. The van der Waals surface area contributed by atoms with Crippen molar-refractivity contribution < 1.29 is 13.2 Å². The average molecular weight is 430 g/mol. The summed E-state index contributed by atoms with van der Waals surface area (Å²) in [6.07, 6.45) is 10.2. The van der Waals surface area contributed by atoms with Gasteiger partial charge in [0.2, 0.25) is 10.0 Å². The summed E-state index contributed by atoms with van der Waals surface area (Å²) < 4.78 is 32.9. The Kier molecular flexibility index (Phi) is 6.71. The molecule has 162 valence electrons. The van der Waals surface area contributed by atoms with Gasteiger partial charge in [0.1, 0.15) is 0 Å². The zero-order valence-electron chi connectivity index (χ0n) is 17.5. The highest BCUT2D eigenvalue weighted by atomic mass is 32.2. The standard InChI is InChI=1S/C23H31N3O3S/c1-30(27,28)25-22-13-15-26(20-8-5-14-24-16-20)23(22)17-29-21-11-9-19(10-12-21)18-6-3-2-4-7-18/h2-8,14,16,19,21-23,25H,9-13,15,17H2,1H3/t19-,21+,22-,23-/m0/s1. The number of hydrogen-bond acceptors (Lipinski definition) is 5. The molecular formula is C23H31N3O3S. The lowest BCUT2D eigenvalue weighted by atomic mass is 9.83. The monoisotopic (exact) mass is 429 g/mol. The van der Waals surface area contributed by atoms with Crippen LogP contribution in [0.5, 0.6) is 0 Å². The van der Waals surface area contributed by atoms with Crippen LogP contribution in [0.3, 0.4) is 0 Å². The summed E-state index contributed by atoms with van der Waals surface area (Å²) in [6, 6.07) is 14.5. The molecule has 1 saturated heterocycles. The summed E-state index contributed by atoms with van der Waals surface area (Å²) in [6.45, 7) is 1.30. The van der Waals surface area contributed by atoms with Gasteiger partial charge in [0.15, 0.2) is 0 Å². The van der Waals surface area contributed by atoms with E-state index in [4.69, 9.17) is 4.74 Å². The topological polar surface area (TPSA) is 71.5 Å². The van der Waals surface area contributed by atoms with Gasteiger partial charge in [0, 0.05) is 18.8 Å². The summed E-state index contributed by atoms with van der Waals surface area (Å²) in [5.41, 5.74) is 2.43. The molecule has 0 bridgehead atoms. The maximum atomic E-state index is 11.9. The number of pyridine rings is 1. The van der Waals surface area contributed by atoms with E-state index in [1.165, 1.54) is 11.8 Å². The molecule has 30 heavy (non-hydrogen) atoms. The fraction of sp³-hybridized carbons (Fsp3) is 0.522. The molecule has 2 heterocycles. The van der Waals surface area contributed by atoms with Crippen molar-refractivity contribution in [2.45, 2.75) is 56.2 Å². The summed E-state index contributed by atoms with van der Waals surface area (Å²) >= 11 is 0. The Morgan fingerprint density at radius 3 is 2.50 bits per heavy atom. The molecule has 1 aromatic carbocycles. The molecule has 2 fully saturated rings. The second kappa shape index (κ2) is 9.45.